The van der Waals surface area contributed by atoms with Crippen molar-refractivity contribution in [2.45, 2.75) is 32.6 Å². The average Bonchev–Trinajstić information content (AvgIpc) is 2.83. The van der Waals surface area contributed by atoms with Crippen molar-refractivity contribution in [2.75, 3.05) is 31.3 Å². The third-order valence-corrected chi connectivity index (χ3v) is 5.12. The van der Waals surface area contributed by atoms with Crippen LogP contribution in [-0.4, -0.2) is 36.6 Å². The lowest BCUT2D eigenvalue weighted by Gasteiger charge is -2.26. The molecular formula is C27H33NO4. The van der Waals surface area contributed by atoms with Crippen LogP contribution < -0.4 is 14.4 Å². The summed E-state index contributed by atoms with van der Waals surface area (Å²) in [5.41, 5.74) is 4.36. The Morgan fingerprint density at radius 1 is 0.562 bits per heavy atom. The number of aliphatic hydroxyl groups is 2. The molecule has 0 aliphatic heterocycles. The lowest BCUT2D eigenvalue weighted by atomic mass is 10.1. The van der Waals surface area contributed by atoms with Crippen LogP contribution in [0.15, 0.2) is 72.8 Å². The molecule has 0 fully saturated rings. The maximum Gasteiger partial charge on any atom is 0.119 e. The minimum Gasteiger partial charge on any atom is -0.494 e. The molecule has 0 amide bonds. The molecule has 0 spiro atoms. The molecule has 5 heteroatoms. The Morgan fingerprint density at radius 3 is 1.31 bits per heavy atom. The first-order valence-electron chi connectivity index (χ1n) is 11.3. The highest BCUT2D eigenvalue weighted by molar-refractivity contribution is 5.77. The molecule has 0 aromatic heterocycles. The van der Waals surface area contributed by atoms with Gasteiger partial charge in [-0.25, -0.2) is 0 Å². The Bertz CT molecular complexity index is 852. The second kappa shape index (κ2) is 12.7. The van der Waals surface area contributed by atoms with Crippen molar-refractivity contribution in [1.29, 1.82) is 0 Å². The largest absolute Gasteiger partial charge is 0.494 e. The minimum atomic E-state index is 0.195. The van der Waals surface area contributed by atoms with Gasteiger partial charge in [-0.05, 0) is 93.3 Å². The van der Waals surface area contributed by atoms with Crippen molar-refractivity contribution in [2.24, 2.45) is 0 Å². The van der Waals surface area contributed by atoms with Gasteiger partial charge in [0.25, 0.3) is 0 Å². The number of hydrogen-bond donors (Lipinski definition) is 2. The van der Waals surface area contributed by atoms with E-state index < -0.39 is 0 Å². The number of aliphatic hydroxyl groups excluding tert-OH is 2. The predicted molar refractivity (Wildman–Crippen MR) is 129 cm³/mol. The Hall–Kier alpha value is -3.02. The molecule has 3 aromatic carbocycles. The Balaban J connectivity index is 1.78. The van der Waals surface area contributed by atoms with Crippen molar-refractivity contribution < 1.29 is 19.7 Å². The molecule has 0 aliphatic carbocycles. The second-order valence-electron chi connectivity index (χ2n) is 7.72. The standard InChI is InChI=1S/C27H33NO4/c1-22-6-8-23(9-7-22)28(24-10-14-26(15-11-24)31-20-4-2-18-29)25-12-16-27(17-13-25)32-21-5-3-19-30/h6-17,29-30H,2-5,18-21H2,1H3. The van der Waals surface area contributed by atoms with Crippen molar-refractivity contribution in [1.82, 2.24) is 0 Å². The minimum absolute atomic E-state index is 0.195. The zero-order valence-electron chi connectivity index (χ0n) is 18.7. The van der Waals surface area contributed by atoms with E-state index in [4.69, 9.17) is 19.7 Å². The van der Waals surface area contributed by atoms with Gasteiger partial charge in [0.05, 0.1) is 13.2 Å². The quantitative estimate of drug-likeness (QED) is 0.334. The molecule has 2 N–H and O–H groups in total. The number of anilines is 3. The summed E-state index contributed by atoms with van der Waals surface area (Å²) in [7, 11) is 0. The molecule has 0 bridgehead atoms. The summed E-state index contributed by atoms with van der Waals surface area (Å²) >= 11 is 0. The molecule has 5 nitrogen and oxygen atoms in total. The molecular weight excluding hydrogens is 402 g/mol. The third-order valence-electron chi connectivity index (χ3n) is 5.12. The highest BCUT2D eigenvalue weighted by atomic mass is 16.5. The van der Waals surface area contributed by atoms with Crippen LogP contribution in [0.3, 0.4) is 0 Å². The zero-order valence-corrected chi connectivity index (χ0v) is 18.7. The van der Waals surface area contributed by atoms with Gasteiger partial charge in [-0.3, -0.25) is 0 Å². The molecule has 0 aliphatic rings. The molecule has 170 valence electrons. The molecule has 0 saturated heterocycles. The van der Waals surface area contributed by atoms with E-state index in [0.717, 1.165) is 54.2 Å². The van der Waals surface area contributed by atoms with Gasteiger partial charge in [0.15, 0.2) is 0 Å². The van der Waals surface area contributed by atoms with E-state index in [9.17, 15) is 0 Å². The second-order valence-corrected chi connectivity index (χ2v) is 7.72. The van der Waals surface area contributed by atoms with Gasteiger partial charge >= 0.3 is 0 Å². The van der Waals surface area contributed by atoms with E-state index in [1.54, 1.807) is 0 Å². The van der Waals surface area contributed by atoms with E-state index in [1.165, 1.54) is 5.56 Å². The lowest BCUT2D eigenvalue weighted by molar-refractivity contribution is 0.253. The smallest absolute Gasteiger partial charge is 0.119 e. The normalized spacial score (nSPS) is 10.7. The number of aryl methyl sites for hydroxylation is 1. The first-order chi connectivity index (χ1) is 15.7. The van der Waals surface area contributed by atoms with Gasteiger partial charge in [-0.2, -0.15) is 0 Å². The van der Waals surface area contributed by atoms with Crippen LogP contribution >= 0.6 is 0 Å². The number of hydrogen-bond acceptors (Lipinski definition) is 5. The Labute approximate surface area is 190 Å². The van der Waals surface area contributed by atoms with Crippen LogP contribution in [0.1, 0.15) is 31.2 Å². The summed E-state index contributed by atoms with van der Waals surface area (Å²) in [4.78, 5) is 2.20. The summed E-state index contributed by atoms with van der Waals surface area (Å²) < 4.78 is 11.6. The van der Waals surface area contributed by atoms with Gasteiger partial charge < -0.3 is 24.6 Å². The number of unbranched alkanes of at least 4 members (excludes halogenated alkanes) is 2. The van der Waals surface area contributed by atoms with Crippen LogP contribution in [0, 0.1) is 6.92 Å². The third kappa shape index (κ3) is 7.01. The molecule has 0 saturated carbocycles. The van der Waals surface area contributed by atoms with Crippen LogP contribution in [0.4, 0.5) is 17.1 Å². The van der Waals surface area contributed by atoms with Crippen LogP contribution in [0.25, 0.3) is 0 Å². The first kappa shape index (κ1) is 23.6. The highest BCUT2D eigenvalue weighted by Crippen LogP contribution is 2.36. The van der Waals surface area contributed by atoms with Crippen molar-refractivity contribution in [3.63, 3.8) is 0 Å². The summed E-state index contributed by atoms with van der Waals surface area (Å²) in [6.45, 7) is 3.67. The van der Waals surface area contributed by atoms with Crippen LogP contribution in [0.5, 0.6) is 11.5 Å². The monoisotopic (exact) mass is 435 g/mol. The fourth-order valence-corrected chi connectivity index (χ4v) is 3.33. The van der Waals surface area contributed by atoms with Gasteiger partial charge in [-0.1, -0.05) is 17.7 Å². The molecule has 0 atom stereocenters. The summed E-state index contributed by atoms with van der Waals surface area (Å²) in [6, 6.07) is 24.6. The van der Waals surface area contributed by atoms with E-state index in [1.807, 2.05) is 24.3 Å². The fourth-order valence-electron chi connectivity index (χ4n) is 3.33. The Kier molecular flexibility index (Phi) is 9.41. The van der Waals surface area contributed by atoms with E-state index >= 15 is 0 Å². The van der Waals surface area contributed by atoms with E-state index in [2.05, 4.69) is 60.4 Å². The van der Waals surface area contributed by atoms with Gasteiger partial charge in [0, 0.05) is 30.3 Å². The molecule has 3 aromatic rings. The number of ether oxygens (including phenoxy) is 2. The molecule has 3 rings (SSSR count). The lowest BCUT2D eigenvalue weighted by Crippen LogP contribution is -2.10. The van der Waals surface area contributed by atoms with E-state index in [-0.39, 0.29) is 13.2 Å². The highest BCUT2D eigenvalue weighted by Gasteiger charge is 2.13. The molecule has 0 radical (unpaired) electrons. The first-order valence-corrected chi connectivity index (χ1v) is 11.3. The predicted octanol–water partition coefficient (Wildman–Crippen LogP) is 5.77. The summed E-state index contributed by atoms with van der Waals surface area (Å²) in [6.07, 6.45) is 3.17. The maximum atomic E-state index is 8.90. The van der Waals surface area contributed by atoms with Crippen LogP contribution in [-0.2, 0) is 0 Å². The van der Waals surface area contributed by atoms with E-state index in [0.29, 0.717) is 13.2 Å². The van der Waals surface area contributed by atoms with Crippen molar-refractivity contribution in [3.8, 4) is 11.5 Å². The fraction of sp³-hybridized carbons (Fsp3) is 0.333. The van der Waals surface area contributed by atoms with Crippen molar-refractivity contribution >= 4 is 17.1 Å². The topological polar surface area (TPSA) is 62.2 Å². The SMILES string of the molecule is Cc1ccc(N(c2ccc(OCCCCO)cc2)c2ccc(OCCCCO)cc2)cc1. The van der Waals surface area contributed by atoms with Gasteiger partial charge in [-0.15, -0.1) is 0 Å². The summed E-state index contributed by atoms with van der Waals surface area (Å²) in [5, 5.41) is 17.8. The summed E-state index contributed by atoms with van der Waals surface area (Å²) in [5.74, 6) is 1.64. The number of rotatable bonds is 13. The zero-order chi connectivity index (χ0) is 22.6. The maximum absolute atomic E-state index is 8.90. The molecule has 0 heterocycles. The Morgan fingerprint density at radius 2 is 0.938 bits per heavy atom. The molecule has 0 unspecified atom stereocenters. The average molecular weight is 436 g/mol. The van der Waals surface area contributed by atoms with Gasteiger partial charge in [0.2, 0.25) is 0 Å². The van der Waals surface area contributed by atoms with Crippen LogP contribution in [0.2, 0.25) is 0 Å². The van der Waals surface area contributed by atoms with Crippen molar-refractivity contribution in [3.05, 3.63) is 78.4 Å². The number of nitrogens with zero attached hydrogens (tertiary/aromatic N) is 1. The van der Waals surface area contributed by atoms with Gasteiger partial charge in [0.1, 0.15) is 11.5 Å². The number of benzene rings is 3. The molecule has 32 heavy (non-hydrogen) atoms.